The first-order chi connectivity index (χ1) is 7.91. The molecule has 0 aliphatic rings. The van der Waals surface area contributed by atoms with Crippen molar-refractivity contribution in [1.82, 2.24) is 0 Å². The van der Waals surface area contributed by atoms with Crippen molar-refractivity contribution in [2.24, 2.45) is 0 Å². The molecule has 0 aliphatic heterocycles. The smallest absolute Gasteiger partial charge is 0.119 e. The van der Waals surface area contributed by atoms with Crippen molar-refractivity contribution in [3.63, 3.8) is 0 Å². The molecule has 0 fully saturated rings. The standard InChI is InChI=1S/C13H18O.C2H6/c1-2-3-4-5-6-7-8-9-10-11-12-13-14;1-2/h4-7,13H,8-12H2,1H3;1-2H3/b5-4-,7-6-;. The molecular formula is C15H24O. The minimum Gasteiger partial charge on any atom is -0.303 e. The monoisotopic (exact) mass is 220 g/mol. The second kappa shape index (κ2) is 19.3. The Morgan fingerprint density at radius 2 is 1.69 bits per heavy atom. The zero-order chi connectivity index (χ0) is 12.5. The van der Waals surface area contributed by atoms with Gasteiger partial charge in [0.25, 0.3) is 0 Å². The minimum absolute atomic E-state index is 0.704. The molecule has 0 aromatic carbocycles. The summed E-state index contributed by atoms with van der Waals surface area (Å²) >= 11 is 0. The summed E-state index contributed by atoms with van der Waals surface area (Å²) in [5.41, 5.74) is 0. The maximum Gasteiger partial charge on any atom is 0.119 e. The van der Waals surface area contributed by atoms with Crippen molar-refractivity contribution in [3.8, 4) is 11.8 Å². The van der Waals surface area contributed by atoms with E-state index in [-0.39, 0.29) is 0 Å². The Bertz CT molecular complexity index is 238. The molecule has 0 aromatic rings. The van der Waals surface area contributed by atoms with Crippen molar-refractivity contribution in [2.75, 3.05) is 0 Å². The highest BCUT2D eigenvalue weighted by Gasteiger charge is 1.85. The van der Waals surface area contributed by atoms with Gasteiger partial charge in [0.15, 0.2) is 0 Å². The first-order valence-electron chi connectivity index (χ1n) is 6.09. The van der Waals surface area contributed by atoms with Crippen LogP contribution in [0, 0.1) is 11.8 Å². The second-order valence-corrected chi connectivity index (χ2v) is 2.99. The molecule has 0 unspecified atom stereocenters. The summed E-state index contributed by atoms with van der Waals surface area (Å²) in [5, 5.41) is 0. The molecular weight excluding hydrogens is 196 g/mol. The number of carbonyl (C=O) groups excluding carboxylic acids is 1. The van der Waals surface area contributed by atoms with Gasteiger partial charge in [-0.25, -0.2) is 0 Å². The fraction of sp³-hybridized carbons (Fsp3) is 0.533. The number of allylic oxidation sites excluding steroid dienone is 4. The van der Waals surface area contributed by atoms with Crippen LogP contribution in [0.4, 0.5) is 0 Å². The van der Waals surface area contributed by atoms with E-state index in [0.717, 1.165) is 32.0 Å². The highest BCUT2D eigenvalue weighted by atomic mass is 16.1. The number of carbonyl (C=O) groups is 1. The third kappa shape index (κ3) is 18.5. The molecule has 0 bridgehead atoms. The Kier molecular flexibility index (Phi) is 20.7. The molecule has 0 radical (unpaired) electrons. The molecule has 1 heteroatoms. The molecule has 0 saturated carbocycles. The predicted molar refractivity (Wildman–Crippen MR) is 72.2 cm³/mol. The molecule has 0 heterocycles. The highest BCUT2D eigenvalue weighted by Crippen LogP contribution is 2.02. The lowest BCUT2D eigenvalue weighted by atomic mass is 10.1. The summed E-state index contributed by atoms with van der Waals surface area (Å²) in [5.74, 6) is 5.64. The largest absolute Gasteiger partial charge is 0.303 e. The van der Waals surface area contributed by atoms with Crippen molar-refractivity contribution in [2.45, 2.75) is 52.9 Å². The van der Waals surface area contributed by atoms with Crippen LogP contribution in [0.15, 0.2) is 24.3 Å². The van der Waals surface area contributed by atoms with E-state index in [4.69, 9.17) is 0 Å². The predicted octanol–water partition coefficient (Wildman–Crippen LogP) is 4.30. The van der Waals surface area contributed by atoms with Crippen LogP contribution < -0.4 is 0 Å². The molecule has 0 amide bonds. The van der Waals surface area contributed by atoms with E-state index >= 15 is 0 Å². The number of rotatable bonds is 7. The number of hydrogen-bond donors (Lipinski definition) is 0. The van der Waals surface area contributed by atoms with Gasteiger partial charge in [0.2, 0.25) is 0 Å². The van der Waals surface area contributed by atoms with Crippen LogP contribution in [-0.2, 0) is 4.79 Å². The van der Waals surface area contributed by atoms with Gasteiger partial charge >= 0.3 is 0 Å². The van der Waals surface area contributed by atoms with Gasteiger partial charge < -0.3 is 4.79 Å². The molecule has 0 aromatic heterocycles. The lowest BCUT2D eigenvalue weighted by Crippen LogP contribution is -1.77. The van der Waals surface area contributed by atoms with Crippen molar-refractivity contribution < 1.29 is 4.79 Å². The summed E-state index contributed by atoms with van der Waals surface area (Å²) < 4.78 is 0. The number of unbranched alkanes of at least 4 members (excludes halogenated alkanes) is 4. The van der Waals surface area contributed by atoms with Crippen molar-refractivity contribution in [1.29, 1.82) is 0 Å². The van der Waals surface area contributed by atoms with Crippen LogP contribution in [0.3, 0.4) is 0 Å². The van der Waals surface area contributed by atoms with Gasteiger partial charge in [-0.15, -0.1) is 5.92 Å². The summed E-state index contributed by atoms with van der Waals surface area (Å²) in [6.07, 6.45) is 14.0. The Balaban J connectivity index is 0. The average molecular weight is 220 g/mol. The zero-order valence-electron chi connectivity index (χ0n) is 10.8. The fourth-order valence-corrected chi connectivity index (χ4v) is 1.03. The van der Waals surface area contributed by atoms with Crippen LogP contribution in [0.2, 0.25) is 0 Å². The Labute approximate surface area is 101 Å². The van der Waals surface area contributed by atoms with Crippen LogP contribution >= 0.6 is 0 Å². The summed E-state index contributed by atoms with van der Waals surface area (Å²) in [7, 11) is 0. The zero-order valence-corrected chi connectivity index (χ0v) is 10.8. The third-order valence-electron chi connectivity index (χ3n) is 1.76. The third-order valence-corrected chi connectivity index (χ3v) is 1.76. The van der Waals surface area contributed by atoms with Crippen LogP contribution in [0.1, 0.15) is 52.9 Å². The van der Waals surface area contributed by atoms with Crippen LogP contribution in [-0.4, -0.2) is 6.29 Å². The van der Waals surface area contributed by atoms with E-state index < -0.39 is 0 Å². The Morgan fingerprint density at radius 3 is 2.31 bits per heavy atom. The maximum absolute atomic E-state index is 10.0. The molecule has 90 valence electrons. The number of hydrogen-bond acceptors (Lipinski definition) is 1. The average Bonchev–Trinajstić information content (AvgIpc) is 2.34. The maximum atomic E-state index is 10.0. The molecule has 0 N–H and O–H groups in total. The molecule has 0 saturated heterocycles. The molecule has 0 spiro atoms. The molecule has 0 rings (SSSR count). The van der Waals surface area contributed by atoms with E-state index in [1.807, 2.05) is 39.0 Å². The topological polar surface area (TPSA) is 17.1 Å². The van der Waals surface area contributed by atoms with E-state index in [9.17, 15) is 4.79 Å². The van der Waals surface area contributed by atoms with Crippen LogP contribution in [0.5, 0.6) is 0 Å². The number of aldehydes is 1. The van der Waals surface area contributed by atoms with E-state index in [1.54, 1.807) is 0 Å². The van der Waals surface area contributed by atoms with Crippen molar-refractivity contribution >= 4 is 6.29 Å². The van der Waals surface area contributed by atoms with Gasteiger partial charge in [-0.1, -0.05) is 44.4 Å². The molecule has 1 nitrogen and oxygen atoms in total. The van der Waals surface area contributed by atoms with Crippen LogP contribution in [0.25, 0.3) is 0 Å². The van der Waals surface area contributed by atoms with Crippen molar-refractivity contribution in [3.05, 3.63) is 24.3 Å². The summed E-state index contributed by atoms with van der Waals surface area (Å²) in [4.78, 5) is 10.0. The van der Waals surface area contributed by atoms with Gasteiger partial charge in [-0.2, -0.15) is 0 Å². The van der Waals surface area contributed by atoms with E-state index in [2.05, 4.69) is 17.9 Å². The summed E-state index contributed by atoms with van der Waals surface area (Å²) in [6.45, 7) is 5.82. The van der Waals surface area contributed by atoms with Gasteiger partial charge in [-0.3, -0.25) is 0 Å². The lowest BCUT2D eigenvalue weighted by molar-refractivity contribution is -0.107. The summed E-state index contributed by atoms with van der Waals surface area (Å²) in [6, 6.07) is 0. The first-order valence-corrected chi connectivity index (χ1v) is 6.09. The normalized spacial score (nSPS) is 9.44. The minimum atomic E-state index is 0.704. The van der Waals surface area contributed by atoms with Gasteiger partial charge in [0, 0.05) is 6.42 Å². The highest BCUT2D eigenvalue weighted by molar-refractivity contribution is 5.48. The lowest BCUT2D eigenvalue weighted by Gasteiger charge is -1.92. The van der Waals surface area contributed by atoms with Gasteiger partial charge in [0.05, 0.1) is 0 Å². The van der Waals surface area contributed by atoms with E-state index in [0.29, 0.717) is 6.42 Å². The SMILES string of the molecule is CC.CC#C/C=C\C=C/CCCCCC=O. The quantitative estimate of drug-likeness (QED) is 0.270. The van der Waals surface area contributed by atoms with Gasteiger partial charge in [-0.05, 0) is 32.3 Å². The second-order valence-electron chi connectivity index (χ2n) is 2.99. The van der Waals surface area contributed by atoms with E-state index in [1.165, 1.54) is 0 Å². The molecule has 16 heavy (non-hydrogen) atoms. The Morgan fingerprint density at radius 1 is 1.00 bits per heavy atom. The Hall–Kier alpha value is -1.29. The fourth-order valence-electron chi connectivity index (χ4n) is 1.03. The first kappa shape index (κ1) is 17.1. The molecule has 0 atom stereocenters. The van der Waals surface area contributed by atoms with Gasteiger partial charge in [0.1, 0.15) is 6.29 Å². The molecule has 0 aliphatic carbocycles.